The lowest BCUT2D eigenvalue weighted by atomic mass is 9.99. The lowest BCUT2D eigenvalue weighted by molar-refractivity contribution is -0.119. The van der Waals surface area contributed by atoms with Gasteiger partial charge in [0.25, 0.3) is 5.91 Å². The van der Waals surface area contributed by atoms with E-state index in [9.17, 15) is 4.79 Å². The number of nitrogens with zero attached hydrogens (tertiary/aromatic N) is 2. The molecule has 2 atom stereocenters. The Bertz CT molecular complexity index is 858. The van der Waals surface area contributed by atoms with Gasteiger partial charge in [-0.05, 0) is 49.1 Å². The van der Waals surface area contributed by atoms with E-state index in [-0.39, 0.29) is 6.61 Å². The second kappa shape index (κ2) is 9.49. The van der Waals surface area contributed by atoms with Crippen LogP contribution in [0.2, 0.25) is 0 Å². The maximum absolute atomic E-state index is 11.0. The summed E-state index contributed by atoms with van der Waals surface area (Å²) in [5.41, 5.74) is 7.76. The zero-order valence-electron chi connectivity index (χ0n) is 17.6. The Balaban J connectivity index is 1.50. The van der Waals surface area contributed by atoms with Crippen molar-refractivity contribution >= 4 is 5.91 Å². The van der Waals surface area contributed by atoms with Crippen LogP contribution in [0.1, 0.15) is 24.0 Å². The van der Waals surface area contributed by atoms with Crippen LogP contribution in [-0.4, -0.2) is 61.1 Å². The first-order valence-corrected chi connectivity index (χ1v) is 10.7. The number of hydrogen-bond donors (Lipinski definition) is 1. The number of benzene rings is 2. The molecule has 6 nitrogen and oxygen atoms in total. The van der Waals surface area contributed by atoms with E-state index in [4.69, 9.17) is 15.2 Å². The Labute approximate surface area is 178 Å². The molecule has 0 aliphatic carbocycles. The molecular formula is C24H31N3O3. The Morgan fingerprint density at radius 1 is 1.10 bits per heavy atom. The highest BCUT2D eigenvalue weighted by atomic mass is 16.5. The van der Waals surface area contributed by atoms with Gasteiger partial charge in [-0.15, -0.1) is 0 Å². The standard InChI is InChI=1S/C24H31N3O3/c1-29-23-13-19(9-10-22(23)30-17-24(25)28)14-27-15-20-8-5-11-26(20)16-21(27)12-18-6-3-2-4-7-18/h2-4,6-7,9-10,13,20-21H,5,8,11-12,14-17H2,1H3,(H2,25,28)/t20-,21+/m0/s1. The van der Waals surface area contributed by atoms with Crippen LogP contribution in [-0.2, 0) is 17.8 Å². The zero-order valence-corrected chi connectivity index (χ0v) is 17.6. The molecule has 2 aliphatic heterocycles. The molecule has 2 aromatic rings. The van der Waals surface area contributed by atoms with Gasteiger partial charge >= 0.3 is 0 Å². The second-order valence-electron chi connectivity index (χ2n) is 8.30. The summed E-state index contributed by atoms with van der Waals surface area (Å²) in [7, 11) is 1.62. The quantitative estimate of drug-likeness (QED) is 0.725. The topological polar surface area (TPSA) is 68.0 Å². The maximum Gasteiger partial charge on any atom is 0.255 e. The van der Waals surface area contributed by atoms with E-state index in [0.717, 1.165) is 26.1 Å². The van der Waals surface area contributed by atoms with Crippen molar-refractivity contribution in [3.8, 4) is 11.5 Å². The molecule has 0 spiro atoms. The molecule has 0 bridgehead atoms. The van der Waals surface area contributed by atoms with Crippen LogP contribution in [0.3, 0.4) is 0 Å². The monoisotopic (exact) mass is 409 g/mol. The molecule has 1 amide bonds. The van der Waals surface area contributed by atoms with Crippen molar-refractivity contribution < 1.29 is 14.3 Å². The van der Waals surface area contributed by atoms with Gasteiger partial charge in [0.1, 0.15) is 0 Å². The summed E-state index contributed by atoms with van der Waals surface area (Å²) in [6.45, 7) is 4.16. The molecule has 0 saturated carbocycles. The number of nitrogens with two attached hydrogens (primary N) is 1. The molecule has 2 saturated heterocycles. The fourth-order valence-electron chi connectivity index (χ4n) is 4.73. The first kappa shape index (κ1) is 20.7. The van der Waals surface area contributed by atoms with Crippen molar-refractivity contribution in [2.45, 2.75) is 37.9 Å². The second-order valence-corrected chi connectivity index (χ2v) is 8.30. The third kappa shape index (κ3) is 4.94. The number of piperazine rings is 1. The number of fused-ring (bicyclic) bond motifs is 1. The summed E-state index contributed by atoms with van der Waals surface area (Å²) in [6.07, 6.45) is 3.65. The van der Waals surface area contributed by atoms with Crippen molar-refractivity contribution in [3.63, 3.8) is 0 Å². The highest BCUT2D eigenvalue weighted by molar-refractivity contribution is 5.75. The Hall–Kier alpha value is -2.57. The van der Waals surface area contributed by atoms with E-state index < -0.39 is 5.91 Å². The maximum atomic E-state index is 11.0. The fourth-order valence-corrected chi connectivity index (χ4v) is 4.73. The number of rotatable bonds is 8. The molecule has 2 N–H and O–H groups in total. The minimum absolute atomic E-state index is 0.154. The molecule has 160 valence electrons. The van der Waals surface area contributed by atoms with E-state index in [1.165, 1.54) is 30.5 Å². The van der Waals surface area contributed by atoms with E-state index in [0.29, 0.717) is 23.6 Å². The third-order valence-corrected chi connectivity index (χ3v) is 6.20. The van der Waals surface area contributed by atoms with E-state index >= 15 is 0 Å². The van der Waals surface area contributed by atoms with Crippen LogP contribution in [0.15, 0.2) is 48.5 Å². The van der Waals surface area contributed by atoms with Crippen LogP contribution in [0.25, 0.3) is 0 Å². The molecule has 4 rings (SSSR count). The normalized spacial score (nSPS) is 21.9. The SMILES string of the molecule is COc1cc(CN2C[C@@H]3CCCN3C[C@H]2Cc2ccccc2)ccc1OCC(N)=O. The molecule has 30 heavy (non-hydrogen) atoms. The van der Waals surface area contributed by atoms with Gasteiger partial charge < -0.3 is 15.2 Å². The first-order chi connectivity index (χ1) is 14.6. The summed E-state index contributed by atoms with van der Waals surface area (Å²) >= 11 is 0. The summed E-state index contributed by atoms with van der Waals surface area (Å²) in [5.74, 6) is 0.675. The van der Waals surface area contributed by atoms with Gasteiger partial charge in [0.2, 0.25) is 0 Å². The molecule has 2 heterocycles. The van der Waals surface area contributed by atoms with Crippen molar-refractivity contribution in [1.82, 2.24) is 9.80 Å². The van der Waals surface area contributed by atoms with Crippen molar-refractivity contribution in [3.05, 3.63) is 59.7 Å². The summed E-state index contributed by atoms with van der Waals surface area (Å²) in [5, 5.41) is 0. The third-order valence-electron chi connectivity index (χ3n) is 6.20. The molecule has 0 radical (unpaired) electrons. The van der Waals surface area contributed by atoms with Crippen molar-refractivity contribution in [2.24, 2.45) is 5.73 Å². The molecule has 0 aromatic heterocycles. The minimum Gasteiger partial charge on any atom is -0.493 e. The van der Waals surface area contributed by atoms with Crippen molar-refractivity contribution in [1.29, 1.82) is 0 Å². The number of carbonyl (C=O) groups is 1. The van der Waals surface area contributed by atoms with Crippen molar-refractivity contribution in [2.75, 3.05) is 33.4 Å². The highest BCUT2D eigenvalue weighted by Crippen LogP contribution is 2.31. The van der Waals surface area contributed by atoms with Crippen LogP contribution >= 0.6 is 0 Å². The number of primary amides is 1. The van der Waals surface area contributed by atoms with Gasteiger partial charge in [-0.25, -0.2) is 0 Å². The van der Waals surface area contributed by atoms with Crippen LogP contribution < -0.4 is 15.2 Å². The number of amides is 1. The summed E-state index contributed by atoms with van der Waals surface area (Å²) in [4.78, 5) is 16.3. The smallest absolute Gasteiger partial charge is 0.255 e. The Morgan fingerprint density at radius 3 is 2.70 bits per heavy atom. The minimum atomic E-state index is -0.501. The van der Waals surface area contributed by atoms with Gasteiger partial charge in [-0.1, -0.05) is 36.4 Å². The molecular weight excluding hydrogens is 378 g/mol. The predicted octanol–water partition coefficient (Wildman–Crippen LogP) is 2.45. The number of ether oxygens (including phenoxy) is 2. The van der Waals surface area contributed by atoms with Gasteiger partial charge in [-0.2, -0.15) is 0 Å². The van der Waals surface area contributed by atoms with Crippen LogP contribution in [0, 0.1) is 0 Å². The van der Waals surface area contributed by atoms with Gasteiger partial charge in [0.05, 0.1) is 7.11 Å². The average Bonchev–Trinajstić information content (AvgIpc) is 3.20. The summed E-state index contributed by atoms with van der Waals surface area (Å²) in [6, 6.07) is 17.9. The molecule has 0 unspecified atom stereocenters. The largest absolute Gasteiger partial charge is 0.493 e. The number of carbonyl (C=O) groups excluding carboxylic acids is 1. The van der Waals surface area contributed by atoms with Crippen LogP contribution in [0.5, 0.6) is 11.5 Å². The zero-order chi connectivity index (χ0) is 20.9. The lowest BCUT2D eigenvalue weighted by Crippen LogP contribution is -2.56. The molecule has 2 aliphatic rings. The van der Waals surface area contributed by atoms with Gasteiger partial charge in [0, 0.05) is 31.7 Å². The fraction of sp³-hybridized carbons (Fsp3) is 0.458. The van der Waals surface area contributed by atoms with Gasteiger partial charge in [0.15, 0.2) is 18.1 Å². The van der Waals surface area contributed by atoms with E-state index in [1.54, 1.807) is 7.11 Å². The number of hydrogen-bond acceptors (Lipinski definition) is 5. The lowest BCUT2D eigenvalue weighted by Gasteiger charge is -2.44. The average molecular weight is 410 g/mol. The van der Waals surface area contributed by atoms with Gasteiger partial charge in [-0.3, -0.25) is 14.6 Å². The molecule has 2 fully saturated rings. The highest BCUT2D eigenvalue weighted by Gasteiger charge is 2.36. The Kier molecular flexibility index (Phi) is 6.55. The number of methoxy groups -OCH3 is 1. The van der Waals surface area contributed by atoms with E-state index in [2.05, 4.69) is 46.2 Å². The molecule has 6 heteroatoms. The Morgan fingerprint density at radius 2 is 1.93 bits per heavy atom. The first-order valence-electron chi connectivity index (χ1n) is 10.7. The molecule has 2 aromatic carbocycles. The predicted molar refractivity (Wildman–Crippen MR) is 117 cm³/mol. The summed E-state index contributed by atoms with van der Waals surface area (Å²) < 4.78 is 11.0. The van der Waals surface area contributed by atoms with E-state index in [1.807, 2.05) is 12.1 Å². The van der Waals surface area contributed by atoms with Crippen LogP contribution in [0.4, 0.5) is 0 Å².